The summed E-state index contributed by atoms with van der Waals surface area (Å²) in [5.41, 5.74) is 0. The summed E-state index contributed by atoms with van der Waals surface area (Å²) < 4.78 is 32.1. The second-order valence-electron chi connectivity index (χ2n) is 10.5. The van der Waals surface area contributed by atoms with Crippen LogP contribution in [0.2, 0.25) is 0 Å². The molecular formula is C31H57NO6S. The van der Waals surface area contributed by atoms with E-state index >= 15 is 0 Å². The van der Waals surface area contributed by atoms with E-state index in [9.17, 15) is 28.0 Å². The first-order valence-electron chi connectivity index (χ1n) is 15.3. The molecule has 0 aliphatic carbocycles. The molecule has 0 saturated heterocycles. The molecule has 39 heavy (non-hydrogen) atoms. The number of aliphatic hydroxyl groups excluding tert-OH is 2. The van der Waals surface area contributed by atoms with Gasteiger partial charge in [-0.05, 0) is 44.9 Å². The Hall–Kier alpha value is -1.48. The van der Waals surface area contributed by atoms with Gasteiger partial charge < -0.3 is 15.5 Å². The van der Waals surface area contributed by atoms with Crippen LogP contribution in [0.4, 0.5) is 0 Å². The third kappa shape index (κ3) is 25.2. The predicted octanol–water partition coefficient (Wildman–Crippen LogP) is 6.81. The van der Waals surface area contributed by atoms with Crippen LogP contribution in [0.15, 0.2) is 36.5 Å². The summed E-state index contributed by atoms with van der Waals surface area (Å²) in [4.78, 5) is 12.4. The van der Waals surface area contributed by atoms with Crippen LogP contribution in [0.3, 0.4) is 0 Å². The molecule has 7 nitrogen and oxygen atoms in total. The molecule has 0 spiro atoms. The summed E-state index contributed by atoms with van der Waals surface area (Å²) in [5, 5.41) is 23.1. The summed E-state index contributed by atoms with van der Waals surface area (Å²) in [6.07, 6.45) is 27.8. The fraction of sp³-hybridized carbons (Fsp3) is 0.774. The molecule has 1 amide bonds. The molecule has 0 fully saturated rings. The van der Waals surface area contributed by atoms with Gasteiger partial charge in [0.15, 0.2) is 0 Å². The molecule has 0 heterocycles. The van der Waals surface area contributed by atoms with Crippen molar-refractivity contribution in [1.29, 1.82) is 0 Å². The first-order valence-corrected chi connectivity index (χ1v) is 16.9. The van der Waals surface area contributed by atoms with Crippen molar-refractivity contribution in [3.8, 4) is 0 Å². The molecule has 4 N–H and O–H groups in total. The third-order valence-corrected chi connectivity index (χ3v) is 7.44. The molecule has 3 unspecified atom stereocenters. The van der Waals surface area contributed by atoms with Crippen LogP contribution < -0.4 is 5.32 Å². The number of rotatable bonds is 26. The summed E-state index contributed by atoms with van der Waals surface area (Å²) >= 11 is 0. The quantitative estimate of drug-likeness (QED) is 0.0514. The van der Waals surface area contributed by atoms with Crippen molar-refractivity contribution in [3.05, 3.63) is 36.5 Å². The Bertz CT molecular complexity index is 778. The fourth-order valence-corrected chi connectivity index (χ4v) is 4.98. The smallest absolute Gasteiger partial charge is 0.267 e. The minimum absolute atomic E-state index is 0.271. The second-order valence-corrected chi connectivity index (χ2v) is 12.0. The van der Waals surface area contributed by atoms with E-state index in [1.165, 1.54) is 57.4 Å². The van der Waals surface area contributed by atoms with E-state index in [-0.39, 0.29) is 6.42 Å². The summed E-state index contributed by atoms with van der Waals surface area (Å²) in [5.74, 6) is -1.57. The lowest BCUT2D eigenvalue weighted by Gasteiger charge is -2.22. The first kappa shape index (κ1) is 37.5. The zero-order valence-electron chi connectivity index (χ0n) is 24.6. The van der Waals surface area contributed by atoms with Crippen LogP contribution in [-0.4, -0.2) is 53.1 Å². The van der Waals surface area contributed by atoms with Crippen molar-refractivity contribution >= 4 is 16.0 Å². The molecule has 0 bridgehead atoms. The standard InChI is InChI=1S/C31H57NO6S/c1-3-5-7-9-11-13-14-15-16-18-19-21-23-25-29(33)28(27-39(36,37)38)32-31(35)30(34)26-24-22-20-17-12-10-8-6-4-2/h11,13,16,18,23,25,28-30,33-34H,3-10,12,14-15,17,19-22,24,26-27H2,1-2H3,(H,32,35)(H,36,37,38)/b13-11+,18-16+,25-23+. The lowest BCUT2D eigenvalue weighted by atomic mass is 10.0. The van der Waals surface area contributed by atoms with Gasteiger partial charge in [-0.1, -0.05) is 121 Å². The van der Waals surface area contributed by atoms with Gasteiger partial charge in [0.05, 0.1) is 17.9 Å². The van der Waals surface area contributed by atoms with Crippen LogP contribution in [0, 0.1) is 0 Å². The summed E-state index contributed by atoms with van der Waals surface area (Å²) in [6.45, 7) is 4.40. The minimum atomic E-state index is -4.44. The van der Waals surface area contributed by atoms with Crippen molar-refractivity contribution in [3.63, 3.8) is 0 Å². The zero-order chi connectivity index (χ0) is 29.2. The lowest BCUT2D eigenvalue weighted by molar-refractivity contribution is -0.130. The third-order valence-electron chi connectivity index (χ3n) is 6.65. The molecule has 0 aromatic heterocycles. The second kappa shape index (κ2) is 25.5. The molecule has 228 valence electrons. The monoisotopic (exact) mass is 571 g/mol. The highest BCUT2D eigenvalue weighted by Gasteiger charge is 2.27. The Labute approximate surface area is 239 Å². The minimum Gasteiger partial charge on any atom is -0.387 e. The molecule has 0 aliphatic heterocycles. The van der Waals surface area contributed by atoms with E-state index < -0.39 is 40.0 Å². The van der Waals surface area contributed by atoms with Crippen molar-refractivity contribution in [2.45, 2.75) is 148 Å². The number of amides is 1. The SMILES string of the molecule is CCCCC/C=C/CC/C=C/CC/C=C/C(O)C(CS(=O)(=O)O)NC(=O)C(O)CCCCCCCCCCC. The van der Waals surface area contributed by atoms with Gasteiger partial charge in [-0.15, -0.1) is 0 Å². The first-order chi connectivity index (χ1) is 18.7. The van der Waals surface area contributed by atoms with E-state index in [0.717, 1.165) is 44.9 Å². The van der Waals surface area contributed by atoms with E-state index in [1.807, 2.05) is 0 Å². The van der Waals surface area contributed by atoms with Crippen molar-refractivity contribution in [2.24, 2.45) is 0 Å². The zero-order valence-corrected chi connectivity index (χ0v) is 25.4. The van der Waals surface area contributed by atoms with Crippen molar-refractivity contribution in [1.82, 2.24) is 5.32 Å². The Balaban J connectivity index is 4.36. The number of aliphatic hydroxyl groups is 2. The molecule has 0 aliphatic rings. The topological polar surface area (TPSA) is 124 Å². The lowest BCUT2D eigenvalue weighted by Crippen LogP contribution is -2.50. The average molecular weight is 572 g/mol. The molecule has 0 saturated carbocycles. The molecule has 3 atom stereocenters. The van der Waals surface area contributed by atoms with Crippen LogP contribution in [0.5, 0.6) is 0 Å². The highest BCUT2D eigenvalue weighted by Crippen LogP contribution is 2.12. The van der Waals surface area contributed by atoms with Gasteiger partial charge in [-0.25, -0.2) is 0 Å². The molecule has 8 heteroatoms. The number of carbonyl (C=O) groups is 1. The molecule has 0 radical (unpaired) electrons. The van der Waals surface area contributed by atoms with Gasteiger partial charge in [-0.2, -0.15) is 8.42 Å². The Morgan fingerprint density at radius 3 is 1.69 bits per heavy atom. The highest BCUT2D eigenvalue weighted by molar-refractivity contribution is 7.85. The van der Waals surface area contributed by atoms with Crippen LogP contribution >= 0.6 is 0 Å². The van der Waals surface area contributed by atoms with Gasteiger partial charge >= 0.3 is 0 Å². The van der Waals surface area contributed by atoms with Crippen LogP contribution in [0.1, 0.15) is 129 Å². The number of unbranched alkanes of at least 4 members (excludes halogenated alkanes) is 13. The van der Waals surface area contributed by atoms with Gasteiger partial charge in [-0.3, -0.25) is 9.35 Å². The van der Waals surface area contributed by atoms with E-state index in [0.29, 0.717) is 12.8 Å². The fourth-order valence-electron chi connectivity index (χ4n) is 4.25. The van der Waals surface area contributed by atoms with E-state index in [4.69, 9.17) is 0 Å². The molecule has 0 rings (SSSR count). The number of allylic oxidation sites excluding steroid dienone is 5. The molecule has 0 aromatic carbocycles. The maximum absolute atomic E-state index is 12.4. The summed E-state index contributed by atoms with van der Waals surface area (Å²) in [7, 11) is -4.44. The number of hydrogen-bond donors (Lipinski definition) is 4. The van der Waals surface area contributed by atoms with Crippen molar-refractivity contribution < 1.29 is 28.0 Å². The van der Waals surface area contributed by atoms with Crippen molar-refractivity contribution in [2.75, 3.05) is 5.75 Å². The van der Waals surface area contributed by atoms with Gasteiger partial charge in [0.2, 0.25) is 5.91 Å². The van der Waals surface area contributed by atoms with Crippen LogP contribution in [0.25, 0.3) is 0 Å². The molecular weight excluding hydrogens is 514 g/mol. The number of nitrogens with one attached hydrogen (secondary N) is 1. The van der Waals surface area contributed by atoms with E-state index in [1.54, 1.807) is 6.08 Å². The highest BCUT2D eigenvalue weighted by atomic mass is 32.2. The Kier molecular flexibility index (Phi) is 24.5. The van der Waals surface area contributed by atoms with Gasteiger partial charge in [0, 0.05) is 0 Å². The normalized spacial score (nSPS) is 14.9. The number of carbonyl (C=O) groups excluding carboxylic acids is 1. The maximum atomic E-state index is 12.4. The maximum Gasteiger partial charge on any atom is 0.267 e. The predicted molar refractivity (Wildman–Crippen MR) is 162 cm³/mol. The van der Waals surface area contributed by atoms with Crippen LogP contribution in [-0.2, 0) is 14.9 Å². The van der Waals surface area contributed by atoms with E-state index in [2.05, 4.69) is 43.5 Å². The largest absolute Gasteiger partial charge is 0.387 e. The Morgan fingerprint density at radius 1 is 0.692 bits per heavy atom. The summed E-state index contributed by atoms with van der Waals surface area (Å²) in [6, 6.07) is -1.25. The van der Waals surface area contributed by atoms with Gasteiger partial charge in [0.25, 0.3) is 10.1 Å². The number of hydrogen-bond acceptors (Lipinski definition) is 5. The van der Waals surface area contributed by atoms with Gasteiger partial charge in [0.1, 0.15) is 6.10 Å². The Morgan fingerprint density at radius 2 is 1.15 bits per heavy atom. The average Bonchev–Trinajstić information content (AvgIpc) is 2.88. The molecule has 0 aromatic rings.